The first kappa shape index (κ1) is 8.45. The van der Waals surface area contributed by atoms with E-state index in [1.807, 2.05) is 6.20 Å². The third-order valence-electron chi connectivity index (χ3n) is 3.70. The average Bonchev–Trinajstić information content (AvgIpc) is 2.68. The second-order valence-electron chi connectivity index (χ2n) is 4.57. The summed E-state index contributed by atoms with van der Waals surface area (Å²) in [6, 6.07) is 8.66. The highest BCUT2D eigenvalue weighted by Crippen LogP contribution is 2.41. The first-order valence-electron chi connectivity index (χ1n) is 5.87. The van der Waals surface area contributed by atoms with Crippen LogP contribution in [0, 0.1) is 0 Å². The maximum Gasteiger partial charge on any atom is 0.0927 e. The predicted octanol–water partition coefficient (Wildman–Crippen LogP) is 2.91. The van der Waals surface area contributed by atoms with Crippen LogP contribution in [0.4, 0.5) is 0 Å². The van der Waals surface area contributed by atoms with Crippen molar-refractivity contribution in [2.75, 3.05) is 6.54 Å². The molecule has 0 spiro atoms. The van der Waals surface area contributed by atoms with Gasteiger partial charge in [0.2, 0.25) is 0 Å². The first-order chi connectivity index (χ1) is 7.95. The van der Waals surface area contributed by atoms with Gasteiger partial charge in [0, 0.05) is 24.0 Å². The van der Waals surface area contributed by atoms with Gasteiger partial charge in [-0.15, -0.1) is 0 Å². The van der Waals surface area contributed by atoms with E-state index >= 15 is 0 Å². The van der Waals surface area contributed by atoms with E-state index in [4.69, 9.17) is 0 Å². The fraction of sp³-hybridized carbons (Fsp3) is 0.286. The Kier molecular flexibility index (Phi) is 1.54. The van der Waals surface area contributed by atoms with Gasteiger partial charge in [0.15, 0.2) is 0 Å². The zero-order chi connectivity index (χ0) is 10.5. The Labute approximate surface area is 94.0 Å². The van der Waals surface area contributed by atoms with Crippen molar-refractivity contribution in [2.45, 2.75) is 18.8 Å². The zero-order valence-electron chi connectivity index (χ0n) is 8.98. The van der Waals surface area contributed by atoms with Gasteiger partial charge < -0.3 is 0 Å². The molecule has 16 heavy (non-hydrogen) atoms. The first-order valence-corrected chi connectivity index (χ1v) is 5.87. The van der Waals surface area contributed by atoms with Gasteiger partial charge in [-0.1, -0.05) is 18.2 Å². The van der Waals surface area contributed by atoms with Crippen LogP contribution in [0.5, 0.6) is 0 Å². The molecule has 0 bridgehead atoms. The molecule has 1 atom stereocenters. The van der Waals surface area contributed by atoms with Crippen LogP contribution >= 0.6 is 0 Å². The molecule has 0 radical (unpaired) electrons. The molecular weight excluding hydrogens is 196 g/mol. The van der Waals surface area contributed by atoms with Crippen LogP contribution in [-0.2, 0) is 0 Å². The molecule has 0 fully saturated rings. The summed E-state index contributed by atoms with van der Waals surface area (Å²) in [5, 5.41) is 2.65. The largest absolute Gasteiger partial charge is 0.287 e. The minimum atomic E-state index is 0.516. The number of rotatable bonds is 0. The lowest BCUT2D eigenvalue weighted by Gasteiger charge is -2.16. The molecule has 2 heterocycles. The van der Waals surface area contributed by atoms with Crippen LogP contribution in [-0.4, -0.2) is 17.2 Å². The highest BCUT2D eigenvalue weighted by molar-refractivity contribution is 6.19. The molecule has 2 aromatic rings. The maximum absolute atomic E-state index is 4.69. The maximum atomic E-state index is 4.69. The van der Waals surface area contributed by atoms with E-state index in [2.05, 4.69) is 34.2 Å². The molecule has 2 heteroatoms. The number of aromatic nitrogens is 1. The Morgan fingerprint density at radius 2 is 2.19 bits per heavy atom. The van der Waals surface area contributed by atoms with Gasteiger partial charge >= 0.3 is 0 Å². The van der Waals surface area contributed by atoms with Crippen LogP contribution in [0.3, 0.4) is 0 Å². The molecule has 1 aliphatic carbocycles. The SMILES string of the molecule is c1cc2c3c(nccc3c1)C1=NCCCC12. The number of aliphatic imine (C=N–C) groups is 1. The number of benzene rings is 1. The third-order valence-corrected chi connectivity index (χ3v) is 3.70. The van der Waals surface area contributed by atoms with Gasteiger partial charge in [0.1, 0.15) is 0 Å². The minimum Gasteiger partial charge on any atom is -0.287 e. The summed E-state index contributed by atoms with van der Waals surface area (Å²) in [4.78, 5) is 9.22. The van der Waals surface area contributed by atoms with Crippen molar-refractivity contribution >= 4 is 16.5 Å². The van der Waals surface area contributed by atoms with E-state index < -0.39 is 0 Å². The van der Waals surface area contributed by atoms with Crippen molar-refractivity contribution in [3.05, 3.63) is 41.7 Å². The summed E-state index contributed by atoms with van der Waals surface area (Å²) >= 11 is 0. The molecule has 1 aliphatic heterocycles. The highest BCUT2D eigenvalue weighted by Gasteiger charge is 2.32. The second-order valence-corrected chi connectivity index (χ2v) is 4.57. The van der Waals surface area contributed by atoms with Crippen LogP contribution < -0.4 is 0 Å². The molecule has 0 N–H and O–H groups in total. The summed E-state index contributed by atoms with van der Waals surface area (Å²) in [7, 11) is 0. The van der Waals surface area contributed by atoms with Crippen molar-refractivity contribution in [2.24, 2.45) is 4.99 Å². The average molecular weight is 208 g/mol. The number of nitrogens with zero attached hydrogens (tertiary/aromatic N) is 2. The molecule has 1 unspecified atom stereocenters. The lowest BCUT2D eigenvalue weighted by molar-refractivity contribution is 0.680. The van der Waals surface area contributed by atoms with E-state index in [0.29, 0.717) is 5.92 Å². The van der Waals surface area contributed by atoms with E-state index in [1.54, 1.807) is 0 Å². The Hall–Kier alpha value is -1.70. The normalized spacial score (nSPS) is 22.0. The van der Waals surface area contributed by atoms with E-state index in [-0.39, 0.29) is 0 Å². The molecule has 1 aromatic carbocycles. The van der Waals surface area contributed by atoms with Gasteiger partial charge in [0.05, 0.1) is 11.4 Å². The monoisotopic (exact) mass is 208 g/mol. The molecule has 0 saturated carbocycles. The van der Waals surface area contributed by atoms with Crippen molar-refractivity contribution in [3.8, 4) is 0 Å². The Bertz CT molecular complexity index is 608. The number of fused-ring (bicyclic) bond motifs is 3. The van der Waals surface area contributed by atoms with Gasteiger partial charge in [-0.05, 0) is 29.9 Å². The Balaban J connectivity index is 2.16. The van der Waals surface area contributed by atoms with Crippen LogP contribution in [0.15, 0.2) is 35.5 Å². The molecule has 78 valence electrons. The molecule has 0 amide bonds. The van der Waals surface area contributed by atoms with Crippen LogP contribution in [0.2, 0.25) is 0 Å². The lowest BCUT2D eigenvalue weighted by Crippen LogP contribution is -2.14. The summed E-state index contributed by atoms with van der Waals surface area (Å²) in [5.41, 5.74) is 3.81. The topological polar surface area (TPSA) is 25.2 Å². The van der Waals surface area contributed by atoms with Gasteiger partial charge in [-0.2, -0.15) is 0 Å². The van der Waals surface area contributed by atoms with Crippen LogP contribution in [0.1, 0.15) is 30.0 Å². The van der Waals surface area contributed by atoms with Crippen LogP contribution in [0.25, 0.3) is 10.8 Å². The molecule has 4 rings (SSSR count). The molecule has 2 aliphatic rings. The van der Waals surface area contributed by atoms with E-state index in [0.717, 1.165) is 12.2 Å². The van der Waals surface area contributed by atoms with Gasteiger partial charge in [0.25, 0.3) is 0 Å². The fourth-order valence-corrected chi connectivity index (χ4v) is 3.03. The van der Waals surface area contributed by atoms with Crippen molar-refractivity contribution in [1.29, 1.82) is 0 Å². The third kappa shape index (κ3) is 0.921. The zero-order valence-corrected chi connectivity index (χ0v) is 8.98. The van der Waals surface area contributed by atoms with Crippen molar-refractivity contribution in [3.63, 3.8) is 0 Å². The molecular formula is C14H12N2. The van der Waals surface area contributed by atoms with Gasteiger partial charge in [-0.25, -0.2) is 0 Å². The van der Waals surface area contributed by atoms with E-state index in [1.165, 1.54) is 34.9 Å². The Morgan fingerprint density at radius 3 is 3.19 bits per heavy atom. The van der Waals surface area contributed by atoms with Gasteiger partial charge in [-0.3, -0.25) is 9.98 Å². The smallest absolute Gasteiger partial charge is 0.0927 e. The summed E-state index contributed by atoms with van der Waals surface area (Å²) in [5.74, 6) is 0.516. The van der Waals surface area contributed by atoms with Crippen molar-refractivity contribution in [1.82, 2.24) is 4.98 Å². The number of hydrogen-bond acceptors (Lipinski definition) is 2. The fourth-order valence-electron chi connectivity index (χ4n) is 3.03. The predicted molar refractivity (Wildman–Crippen MR) is 65.1 cm³/mol. The summed E-state index contributed by atoms with van der Waals surface area (Å²) < 4.78 is 0. The quantitative estimate of drug-likeness (QED) is 0.653. The Morgan fingerprint density at radius 1 is 1.19 bits per heavy atom. The molecule has 0 saturated heterocycles. The number of pyridine rings is 1. The van der Waals surface area contributed by atoms with E-state index in [9.17, 15) is 0 Å². The standard InChI is InChI=1S/C14H12N2/c1-3-9-6-8-16-14-12(9)10(4-1)11-5-2-7-15-13(11)14/h1,3-4,6,8,11H,2,5,7H2. The minimum absolute atomic E-state index is 0.516. The molecule has 2 nitrogen and oxygen atoms in total. The summed E-state index contributed by atoms with van der Waals surface area (Å²) in [6.45, 7) is 0.970. The second kappa shape index (κ2) is 2.91. The van der Waals surface area contributed by atoms with Crippen molar-refractivity contribution < 1.29 is 0 Å². The number of hydrogen-bond donors (Lipinski definition) is 0. The highest BCUT2D eigenvalue weighted by atomic mass is 14.8. The summed E-state index contributed by atoms with van der Waals surface area (Å²) in [6.07, 6.45) is 4.34. The molecule has 1 aromatic heterocycles. The lowest BCUT2D eigenvalue weighted by atomic mass is 9.92.